The number of nitrogens with zero attached hydrogens (tertiary/aromatic N) is 1. The molecule has 7 nitrogen and oxygen atoms in total. The summed E-state index contributed by atoms with van der Waals surface area (Å²) in [6.45, 7) is 2.62. The Morgan fingerprint density at radius 2 is 1.96 bits per heavy atom. The van der Waals surface area contributed by atoms with Crippen molar-refractivity contribution in [3.63, 3.8) is 0 Å². The number of fused-ring (bicyclic) bond motifs is 1. The lowest BCUT2D eigenvalue weighted by Gasteiger charge is -2.29. The molecule has 1 aliphatic heterocycles. The first kappa shape index (κ1) is 18.9. The van der Waals surface area contributed by atoms with Crippen molar-refractivity contribution >= 4 is 33.3 Å². The van der Waals surface area contributed by atoms with Crippen LogP contribution in [0.5, 0.6) is 0 Å². The Morgan fingerprint density at radius 1 is 1.19 bits per heavy atom. The maximum atomic E-state index is 12.6. The largest absolute Gasteiger partial charge is 0.478 e. The van der Waals surface area contributed by atoms with E-state index in [1.165, 1.54) is 18.2 Å². The molecular formula is C19H20N2O5S. The molecule has 3 rings (SSSR count). The third kappa shape index (κ3) is 3.95. The number of carboxylic acid groups (broad SMARTS) is 1. The molecule has 0 unspecified atom stereocenters. The first-order valence-corrected chi connectivity index (χ1v) is 10.1. The van der Waals surface area contributed by atoms with E-state index in [4.69, 9.17) is 5.11 Å². The molecule has 0 bridgehead atoms. The van der Waals surface area contributed by atoms with Gasteiger partial charge in [-0.3, -0.25) is 9.52 Å². The Balaban J connectivity index is 1.89. The zero-order valence-corrected chi connectivity index (χ0v) is 15.6. The van der Waals surface area contributed by atoms with Crippen molar-refractivity contribution in [2.75, 3.05) is 16.2 Å². The summed E-state index contributed by atoms with van der Waals surface area (Å²) in [6.07, 6.45) is 1.78. The van der Waals surface area contributed by atoms with Crippen molar-refractivity contribution < 1.29 is 23.1 Å². The van der Waals surface area contributed by atoms with Gasteiger partial charge in [0.25, 0.3) is 10.0 Å². The third-order valence-electron chi connectivity index (χ3n) is 4.37. The van der Waals surface area contributed by atoms with Gasteiger partial charge in [0, 0.05) is 24.3 Å². The normalized spacial score (nSPS) is 14.0. The molecule has 142 valence electrons. The lowest BCUT2D eigenvalue weighted by molar-refractivity contribution is -0.118. The summed E-state index contributed by atoms with van der Waals surface area (Å²) in [5.41, 5.74) is 1.99. The topological polar surface area (TPSA) is 104 Å². The molecular weight excluding hydrogens is 368 g/mol. The van der Waals surface area contributed by atoms with Crippen molar-refractivity contribution in [3.05, 3.63) is 53.6 Å². The van der Waals surface area contributed by atoms with Crippen LogP contribution in [0.15, 0.2) is 47.4 Å². The summed E-state index contributed by atoms with van der Waals surface area (Å²) in [5, 5.41) is 9.04. The fourth-order valence-corrected chi connectivity index (χ4v) is 4.20. The van der Waals surface area contributed by atoms with Crippen LogP contribution in [-0.4, -0.2) is 31.9 Å². The second-order valence-electron chi connectivity index (χ2n) is 6.33. The molecule has 2 aromatic rings. The minimum absolute atomic E-state index is 0.0724. The molecule has 2 N–H and O–H groups in total. The molecule has 0 saturated carbocycles. The van der Waals surface area contributed by atoms with Gasteiger partial charge in [-0.15, -0.1) is 0 Å². The van der Waals surface area contributed by atoms with Crippen LogP contribution in [0.4, 0.5) is 11.4 Å². The number of nitrogens with one attached hydrogen (secondary N) is 1. The first-order chi connectivity index (χ1) is 12.8. The quantitative estimate of drug-likeness (QED) is 0.792. The van der Waals surface area contributed by atoms with E-state index in [9.17, 15) is 18.0 Å². The first-order valence-electron chi connectivity index (χ1n) is 8.61. The van der Waals surface area contributed by atoms with Crippen LogP contribution in [0, 0.1) is 0 Å². The van der Waals surface area contributed by atoms with Gasteiger partial charge in [-0.2, -0.15) is 0 Å². The van der Waals surface area contributed by atoms with Crippen molar-refractivity contribution in [1.82, 2.24) is 0 Å². The molecule has 1 heterocycles. The van der Waals surface area contributed by atoms with E-state index in [1.54, 1.807) is 23.1 Å². The molecule has 0 atom stereocenters. The van der Waals surface area contributed by atoms with Gasteiger partial charge in [0.1, 0.15) is 0 Å². The summed E-state index contributed by atoms with van der Waals surface area (Å²) in [5.74, 6) is -1.12. The molecule has 8 heteroatoms. The Morgan fingerprint density at radius 3 is 2.67 bits per heavy atom. The molecule has 2 aromatic carbocycles. The molecule has 1 aliphatic rings. The fraction of sp³-hybridized carbons (Fsp3) is 0.263. The summed E-state index contributed by atoms with van der Waals surface area (Å²) < 4.78 is 27.7. The van der Waals surface area contributed by atoms with E-state index < -0.39 is 16.0 Å². The Hall–Kier alpha value is -2.87. The van der Waals surface area contributed by atoms with Crippen LogP contribution >= 0.6 is 0 Å². The number of rotatable bonds is 6. The standard InChI is InChI=1S/C19H20N2O5S/c1-2-10-21-17-8-7-15(11-13(17)6-9-18(21)22)20-27(25,26)16-5-3-4-14(12-16)19(23)24/h3-5,7-8,11-12,20H,2,6,9-10H2,1H3,(H,23,24). The maximum Gasteiger partial charge on any atom is 0.335 e. The zero-order chi connectivity index (χ0) is 19.6. The summed E-state index contributed by atoms with van der Waals surface area (Å²) in [4.78, 5) is 24.8. The number of hydrogen-bond acceptors (Lipinski definition) is 4. The molecule has 0 spiro atoms. The minimum atomic E-state index is -3.92. The second kappa shape index (κ2) is 7.40. The lowest BCUT2D eigenvalue weighted by Crippen LogP contribution is -2.35. The Labute approximate surface area is 157 Å². The van der Waals surface area contributed by atoms with E-state index in [0.717, 1.165) is 23.7 Å². The predicted molar refractivity (Wildman–Crippen MR) is 102 cm³/mol. The highest BCUT2D eigenvalue weighted by molar-refractivity contribution is 7.92. The molecule has 1 amide bonds. The molecule has 0 radical (unpaired) electrons. The monoisotopic (exact) mass is 388 g/mol. The van der Waals surface area contributed by atoms with Crippen LogP contribution in [0.2, 0.25) is 0 Å². The number of sulfonamides is 1. The molecule has 0 aliphatic carbocycles. The van der Waals surface area contributed by atoms with Gasteiger partial charge >= 0.3 is 5.97 Å². The molecule has 0 aromatic heterocycles. The number of carbonyl (C=O) groups excluding carboxylic acids is 1. The number of hydrogen-bond donors (Lipinski definition) is 2. The summed E-state index contributed by atoms with van der Waals surface area (Å²) in [6, 6.07) is 10.3. The van der Waals surface area contributed by atoms with E-state index in [-0.39, 0.29) is 16.4 Å². The van der Waals surface area contributed by atoms with Crippen molar-refractivity contribution in [2.24, 2.45) is 0 Å². The van der Waals surface area contributed by atoms with Crippen LogP contribution in [-0.2, 0) is 21.2 Å². The summed E-state index contributed by atoms with van der Waals surface area (Å²) >= 11 is 0. The van der Waals surface area contributed by atoms with Crippen molar-refractivity contribution in [2.45, 2.75) is 31.1 Å². The SMILES string of the molecule is CCCN1C(=O)CCc2cc(NS(=O)(=O)c3cccc(C(=O)O)c3)ccc21. The van der Waals surface area contributed by atoms with Crippen LogP contribution < -0.4 is 9.62 Å². The number of aromatic carboxylic acids is 1. The molecule has 0 fully saturated rings. The van der Waals surface area contributed by atoms with Crippen LogP contribution in [0.3, 0.4) is 0 Å². The number of aryl methyl sites for hydroxylation is 1. The average Bonchev–Trinajstić information content (AvgIpc) is 2.64. The molecule has 27 heavy (non-hydrogen) atoms. The molecule has 0 saturated heterocycles. The van der Waals surface area contributed by atoms with Gasteiger partial charge in [-0.05, 0) is 54.8 Å². The van der Waals surface area contributed by atoms with E-state index >= 15 is 0 Å². The number of amides is 1. The van der Waals surface area contributed by atoms with Crippen LogP contribution in [0.1, 0.15) is 35.7 Å². The number of carbonyl (C=O) groups is 2. The lowest BCUT2D eigenvalue weighted by atomic mass is 10.0. The second-order valence-corrected chi connectivity index (χ2v) is 8.01. The van der Waals surface area contributed by atoms with Crippen molar-refractivity contribution in [3.8, 4) is 0 Å². The predicted octanol–water partition coefficient (Wildman–Crippen LogP) is 2.87. The average molecular weight is 388 g/mol. The number of anilines is 2. The third-order valence-corrected chi connectivity index (χ3v) is 5.75. The highest BCUT2D eigenvalue weighted by Crippen LogP contribution is 2.31. The van der Waals surface area contributed by atoms with Gasteiger partial charge in [0.05, 0.1) is 10.5 Å². The van der Waals surface area contributed by atoms with Gasteiger partial charge in [0.2, 0.25) is 5.91 Å². The maximum absolute atomic E-state index is 12.6. The fourth-order valence-electron chi connectivity index (χ4n) is 3.10. The Bertz CT molecular complexity index is 1000. The number of carboxylic acids is 1. The van der Waals surface area contributed by atoms with E-state index in [2.05, 4.69) is 4.72 Å². The highest BCUT2D eigenvalue weighted by atomic mass is 32.2. The van der Waals surface area contributed by atoms with Gasteiger partial charge in [-0.25, -0.2) is 13.2 Å². The zero-order valence-electron chi connectivity index (χ0n) is 14.8. The minimum Gasteiger partial charge on any atom is -0.478 e. The smallest absolute Gasteiger partial charge is 0.335 e. The van der Waals surface area contributed by atoms with Gasteiger partial charge in [-0.1, -0.05) is 13.0 Å². The van der Waals surface area contributed by atoms with Gasteiger partial charge in [0.15, 0.2) is 0 Å². The number of benzene rings is 2. The summed E-state index contributed by atoms with van der Waals surface area (Å²) in [7, 11) is -3.92. The highest BCUT2D eigenvalue weighted by Gasteiger charge is 2.24. The van der Waals surface area contributed by atoms with Crippen LogP contribution in [0.25, 0.3) is 0 Å². The van der Waals surface area contributed by atoms with E-state index in [0.29, 0.717) is 25.1 Å². The Kier molecular flexibility index (Phi) is 5.18. The van der Waals surface area contributed by atoms with Crippen molar-refractivity contribution in [1.29, 1.82) is 0 Å². The van der Waals surface area contributed by atoms with E-state index in [1.807, 2.05) is 6.92 Å². The van der Waals surface area contributed by atoms with Gasteiger partial charge < -0.3 is 10.0 Å².